The van der Waals surface area contributed by atoms with Crippen LogP contribution in [-0.2, 0) is 28.5 Å². The van der Waals surface area contributed by atoms with Crippen molar-refractivity contribution in [3.8, 4) is 0 Å². The van der Waals surface area contributed by atoms with Crippen LogP contribution in [0.5, 0.6) is 0 Å². The average molecular weight is 771 g/mol. The van der Waals surface area contributed by atoms with Gasteiger partial charge < -0.3 is 39.4 Å². The van der Waals surface area contributed by atoms with E-state index in [4.69, 9.17) is 18.9 Å². The van der Waals surface area contributed by atoms with Gasteiger partial charge in [-0.05, 0) is 118 Å². The van der Waals surface area contributed by atoms with Crippen LogP contribution in [0.25, 0.3) is 0 Å². The van der Waals surface area contributed by atoms with Crippen molar-refractivity contribution in [1.82, 2.24) is 0 Å². The molecule has 0 bridgehead atoms. The summed E-state index contributed by atoms with van der Waals surface area (Å²) in [5.74, 6) is -0.280. The molecule has 0 spiro atoms. The van der Waals surface area contributed by atoms with Gasteiger partial charge in [-0.25, -0.2) is 9.59 Å². The van der Waals surface area contributed by atoms with Crippen molar-refractivity contribution >= 4 is 11.9 Å². The fraction of sp³-hybridized carbons (Fsp3) is 0.822. The summed E-state index contributed by atoms with van der Waals surface area (Å²) in [6.45, 7) is 22.7. The van der Waals surface area contributed by atoms with E-state index in [0.29, 0.717) is 35.8 Å². The Kier molecular flexibility index (Phi) is 11.3. The van der Waals surface area contributed by atoms with Crippen molar-refractivity contribution < 1.29 is 49.0 Å². The maximum Gasteiger partial charge on any atom is 0.333 e. The molecular weight excluding hydrogens is 700 g/mol. The average Bonchev–Trinajstić information content (AvgIpc) is 3.41. The van der Waals surface area contributed by atoms with Gasteiger partial charge in [0, 0.05) is 22.0 Å². The summed E-state index contributed by atoms with van der Waals surface area (Å²) in [4.78, 5) is 27.5. The van der Waals surface area contributed by atoms with Gasteiger partial charge in [0.2, 0.25) is 0 Å². The Balaban J connectivity index is 1.49. The Labute approximate surface area is 329 Å². The maximum atomic E-state index is 13.9. The van der Waals surface area contributed by atoms with Gasteiger partial charge >= 0.3 is 11.9 Å². The third-order valence-corrected chi connectivity index (χ3v) is 17.0. The second-order valence-electron chi connectivity index (χ2n) is 20.3. The molecule has 4 N–H and O–H groups in total. The van der Waals surface area contributed by atoms with Crippen molar-refractivity contribution in [2.75, 3.05) is 13.2 Å². The van der Waals surface area contributed by atoms with E-state index in [1.165, 1.54) is 5.57 Å². The van der Waals surface area contributed by atoms with Crippen molar-refractivity contribution in [2.24, 2.45) is 50.2 Å². The Morgan fingerprint density at radius 1 is 0.836 bits per heavy atom. The number of esters is 2. The third-order valence-electron chi connectivity index (χ3n) is 17.0. The maximum absolute atomic E-state index is 13.9. The molecular formula is C45H70O10. The van der Waals surface area contributed by atoms with Crippen molar-refractivity contribution in [1.29, 1.82) is 0 Å². The van der Waals surface area contributed by atoms with E-state index in [2.05, 4.69) is 54.5 Å². The molecule has 0 amide bonds. The summed E-state index contributed by atoms with van der Waals surface area (Å²) >= 11 is 0. The molecule has 5 fully saturated rings. The van der Waals surface area contributed by atoms with Crippen LogP contribution in [0.4, 0.5) is 0 Å². The van der Waals surface area contributed by atoms with Crippen LogP contribution in [0.15, 0.2) is 34.9 Å². The molecule has 0 aromatic heterocycles. The van der Waals surface area contributed by atoms with Gasteiger partial charge in [-0.15, -0.1) is 0 Å². The number of hydrogen-bond acceptors (Lipinski definition) is 10. The zero-order valence-electron chi connectivity index (χ0n) is 35.3. The molecule has 1 aliphatic heterocycles. The topological polar surface area (TPSA) is 152 Å². The van der Waals surface area contributed by atoms with Crippen LogP contribution in [-0.4, -0.2) is 88.5 Å². The Morgan fingerprint density at radius 2 is 1.45 bits per heavy atom. The lowest BCUT2D eigenvalue weighted by Gasteiger charge is -2.72. The summed E-state index contributed by atoms with van der Waals surface area (Å²) in [6, 6.07) is 0. The molecule has 5 aliphatic carbocycles. The van der Waals surface area contributed by atoms with Crippen molar-refractivity contribution in [3.05, 3.63) is 34.9 Å². The highest BCUT2D eigenvalue weighted by molar-refractivity contribution is 5.88. The fourth-order valence-electron chi connectivity index (χ4n) is 13.0. The minimum Gasteiger partial charge on any atom is -0.454 e. The Morgan fingerprint density at radius 3 is 2.04 bits per heavy atom. The predicted octanol–water partition coefficient (Wildman–Crippen LogP) is 6.58. The smallest absolute Gasteiger partial charge is 0.333 e. The fourth-order valence-corrected chi connectivity index (χ4v) is 13.0. The highest BCUT2D eigenvalue weighted by atomic mass is 16.7. The molecule has 1 heterocycles. The number of ether oxygens (including phenoxy) is 4. The first kappa shape index (κ1) is 42.5. The summed E-state index contributed by atoms with van der Waals surface area (Å²) in [6.07, 6.45) is 5.76. The molecule has 14 atom stereocenters. The molecule has 310 valence electrons. The van der Waals surface area contributed by atoms with Gasteiger partial charge in [-0.2, -0.15) is 0 Å². The van der Waals surface area contributed by atoms with Crippen LogP contribution in [0.1, 0.15) is 128 Å². The first-order chi connectivity index (χ1) is 25.6. The van der Waals surface area contributed by atoms with E-state index in [1.807, 2.05) is 0 Å². The largest absolute Gasteiger partial charge is 0.454 e. The van der Waals surface area contributed by atoms with E-state index in [-0.39, 0.29) is 40.3 Å². The number of carbonyl (C=O) groups is 2. The standard InChI is InChI=1S/C45H70O10/c1-12-25(3)37(50)54-35-36(55-38(51)26(4)13-2)45(24-52-39-34(49)33(48)29(23-46)53-39)21-20-43(10)27(28(45)22-40(35,5)6)14-15-31-42(9)18-17-32(47)41(7,8)30(42)16-19-44(31,43)11/h12-14,28-36,39,46-49H,15-24H2,1-11H3/b25-12+,26-13+/t28-,29+,30-,31+,32-,33-,34-,35-,36-,39-,42-,43+,44+,45-/m0/s1. The van der Waals surface area contributed by atoms with Crippen LogP contribution in [0.3, 0.4) is 0 Å². The molecule has 0 aromatic rings. The molecule has 4 saturated carbocycles. The molecule has 0 unspecified atom stereocenters. The van der Waals surface area contributed by atoms with Crippen molar-refractivity contribution in [2.45, 2.75) is 170 Å². The lowest BCUT2D eigenvalue weighted by molar-refractivity contribution is -0.259. The summed E-state index contributed by atoms with van der Waals surface area (Å²) in [5.41, 5.74) is 0.368. The molecule has 10 nitrogen and oxygen atoms in total. The molecule has 6 rings (SSSR count). The van der Waals surface area contributed by atoms with Gasteiger partial charge in [-0.1, -0.05) is 72.3 Å². The number of hydrogen-bond donors (Lipinski definition) is 4. The summed E-state index contributed by atoms with van der Waals surface area (Å²) < 4.78 is 25.4. The predicted molar refractivity (Wildman–Crippen MR) is 208 cm³/mol. The number of rotatable bonds is 8. The van der Waals surface area contributed by atoms with Crippen LogP contribution in [0, 0.1) is 50.2 Å². The normalized spacial score (nSPS) is 46.3. The third kappa shape index (κ3) is 6.42. The van der Waals surface area contributed by atoms with Gasteiger partial charge in [-0.3, -0.25) is 0 Å². The molecule has 0 aromatic carbocycles. The number of carbonyl (C=O) groups excluding carboxylic acids is 2. The van der Waals surface area contributed by atoms with Crippen LogP contribution >= 0.6 is 0 Å². The Bertz CT molecular complexity index is 1590. The van der Waals surface area contributed by atoms with Gasteiger partial charge in [0.05, 0.1) is 19.3 Å². The zero-order chi connectivity index (χ0) is 40.7. The lowest BCUT2D eigenvalue weighted by Crippen LogP contribution is -2.69. The van der Waals surface area contributed by atoms with E-state index < -0.39 is 66.2 Å². The minimum atomic E-state index is -1.39. The number of aliphatic hydroxyl groups excluding tert-OH is 4. The SMILES string of the molecule is C/C=C(\C)C(=O)O[C@H]1[C@H](OC(=O)/C(C)=C/C)[C@]2(CO[C@H]3O[C@H](CO)[C@H](O)[C@@H]3O)CC[C@]3(C)C(=CC[C@@H]4[C@@]5(C)CC[C@H](O)C(C)(C)[C@@H]5CC[C@]43C)[C@@H]2CC1(C)C. The second-order valence-corrected chi connectivity index (χ2v) is 20.3. The van der Waals surface area contributed by atoms with Gasteiger partial charge in [0.25, 0.3) is 0 Å². The molecule has 10 heteroatoms. The second kappa shape index (κ2) is 14.6. The number of allylic oxidation sites excluding steroid dienone is 4. The number of aliphatic hydroxyl groups is 4. The van der Waals surface area contributed by atoms with E-state index in [9.17, 15) is 30.0 Å². The van der Waals surface area contributed by atoms with Gasteiger partial charge in [0.1, 0.15) is 30.5 Å². The lowest BCUT2D eigenvalue weighted by atomic mass is 9.33. The molecule has 6 aliphatic rings. The minimum absolute atomic E-state index is 0.00323. The Hall–Kier alpha value is -2.08. The monoisotopic (exact) mass is 770 g/mol. The zero-order valence-corrected chi connectivity index (χ0v) is 35.3. The summed E-state index contributed by atoms with van der Waals surface area (Å²) in [7, 11) is 0. The van der Waals surface area contributed by atoms with E-state index in [1.54, 1.807) is 39.8 Å². The van der Waals surface area contributed by atoms with Crippen LogP contribution < -0.4 is 0 Å². The van der Waals surface area contributed by atoms with Crippen LogP contribution in [0.2, 0.25) is 0 Å². The van der Waals surface area contributed by atoms with Gasteiger partial charge in [0.15, 0.2) is 6.29 Å². The van der Waals surface area contributed by atoms with E-state index >= 15 is 0 Å². The number of fused-ring (bicyclic) bond motifs is 7. The molecule has 1 saturated heterocycles. The molecule has 0 radical (unpaired) electrons. The highest BCUT2D eigenvalue weighted by Crippen LogP contribution is 2.76. The molecule has 55 heavy (non-hydrogen) atoms. The quantitative estimate of drug-likeness (QED) is 0.121. The summed E-state index contributed by atoms with van der Waals surface area (Å²) in [5, 5.41) is 42.7. The highest BCUT2D eigenvalue weighted by Gasteiger charge is 2.71. The first-order valence-electron chi connectivity index (χ1n) is 20.9. The van der Waals surface area contributed by atoms with Crippen molar-refractivity contribution in [3.63, 3.8) is 0 Å². The first-order valence-corrected chi connectivity index (χ1v) is 20.9. The van der Waals surface area contributed by atoms with E-state index in [0.717, 1.165) is 38.5 Å².